The van der Waals surface area contributed by atoms with Gasteiger partial charge in [0.25, 0.3) is 0 Å². The second kappa shape index (κ2) is 6.79. The van der Waals surface area contributed by atoms with Gasteiger partial charge >= 0.3 is 159 Å². The van der Waals surface area contributed by atoms with Gasteiger partial charge in [0.15, 0.2) is 0 Å². The quantitative estimate of drug-likeness (QED) is 0.409. The summed E-state index contributed by atoms with van der Waals surface area (Å²) in [6.45, 7) is 2.19. The molecule has 0 N–H and O–H groups in total. The standard InChI is InChI=1S/C21H17.2ClH.Zr/c1-2-15-12-18-8-5-9-20(21(18)13-15)19-11-10-16-6-3-4-7-17(16)14-19;;;/h3-14H,2H2,1H3;2*1H;/q;;;+2/p-2. The maximum absolute atomic E-state index is 6.48. The fourth-order valence-electron chi connectivity index (χ4n) is 3.64. The van der Waals surface area contributed by atoms with Crippen LogP contribution < -0.4 is 0 Å². The van der Waals surface area contributed by atoms with Crippen molar-refractivity contribution >= 4 is 33.9 Å². The Kier molecular flexibility index (Phi) is 4.69. The van der Waals surface area contributed by atoms with Crippen molar-refractivity contribution in [2.24, 2.45) is 0 Å². The van der Waals surface area contributed by atoms with Crippen LogP contribution in [0.2, 0.25) is 0 Å². The van der Waals surface area contributed by atoms with Crippen LogP contribution in [-0.2, 0) is 19.4 Å². The van der Waals surface area contributed by atoms with Gasteiger partial charge in [-0.15, -0.1) is 0 Å². The second-order valence-corrected chi connectivity index (χ2v) is 15.0. The van der Waals surface area contributed by atoms with Crippen LogP contribution in [0.5, 0.6) is 0 Å². The minimum atomic E-state index is -2.40. The van der Waals surface area contributed by atoms with Crippen molar-refractivity contribution < 1.29 is 19.4 Å². The molecule has 24 heavy (non-hydrogen) atoms. The molecule has 0 bridgehead atoms. The zero-order valence-corrected chi connectivity index (χ0v) is 17.4. The summed E-state index contributed by atoms with van der Waals surface area (Å²) in [5.41, 5.74) is 6.58. The van der Waals surface area contributed by atoms with E-state index in [0.29, 0.717) is 3.63 Å². The minimum absolute atomic E-state index is 0.302. The number of hydrogen-bond donors (Lipinski definition) is 0. The molecule has 3 aromatic rings. The van der Waals surface area contributed by atoms with E-state index in [4.69, 9.17) is 17.0 Å². The average Bonchev–Trinajstić information content (AvgIpc) is 3.00. The predicted molar refractivity (Wildman–Crippen MR) is 102 cm³/mol. The molecule has 119 valence electrons. The van der Waals surface area contributed by atoms with Crippen LogP contribution in [-0.4, -0.2) is 0 Å². The molecule has 0 spiro atoms. The van der Waals surface area contributed by atoms with Crippen molar-refractivity contribution in [2.45, 2.75) is 17.0 Å². The Hall–Kier alpha value is -0.877. The molecule has 0 heterocycles. The molecule has 0 radical (unpaired) electrons. The summed E-state index contributed by atoms with van der Waals surface area (Å²) in [5, 5.41) is 2.54. The zero-order chi connectivity index (χ0) is 16.7. The normalized spacial score (nSPS) is 16.1. The van der Waals surface area contributed by atoms with E-state index in [0.717, 1.165) is 6.42 Å². The van der Waals surface area contributed by atoms with E-state index in [1.54, 1.807) is 0 Å². The maximum atomic E-state index is 6.48. The van der Waals surface area contributed by atoms with Crippen molar-refractivity contribution in [3.05, 3.63) is 77.4 Å². The topological polar surface area (TPSA) is 0 Å². The van der Waals surface area contributed by atoms with Crippen LogP contribution >= 0.6 is 17.0 Å². The monoisotopic (exact) mass is 429 g/mol. The number of allylic oxidation sites excluding steroid dienone is 1. The number of halogens is 2. The first-order valence-electron chi connectivity index (χ1n) is 8.19. The zero-order valence-electron chi connectivity index (χ0n) is 13.4. The van der Waals surface area contributed by atoms with Gasteiger partial charge in [-0.3, -0.25) is 0 Å². The third kappa shape index (κ3) is 2.82. The van der Waals surface area contributed by atoms with Gasteiger partial charge in [0.2, 0.25) is 0 Å². The van der Waals surface area contributed by atoms with Gasteiger partial charge in [-0.25, -0.2) is 0 Å². The van der Waals surface area contributed by atoms with E-state index in [1.165, 1.54) is 38.6 Å². The first-order chi connectivity index (χ1) is 11.7. The van der Waals surface area contributed by atoms with Gasteiger partial charge in [0.05, 0.1) is 0 Å². The average molecular weight is 431 g/mol. The van der Waals surface area contributed by atoms with Gasteiger partial charge in [-0.05, 0) is 0 Å². The molecule has 0 nitrogen and oxygen atoms in total. The molecule has 3 aromatic carbocycles. The van der Waals surface area contributed by atoms with Crippen LogP contribution in [0.15, 0.2) is 66.2 Å². The summed E-state index contributed by atoms with van der Waals surface area (Å²) in [6.07, 6.45) is 3.34. The van der Waals surface area contributed by atoms with E-state index >= 15 is 0 Å². The third-order valence-corrected chi connectivity index (χ3v) is 10.2. The Morgan fingerprint density at radius 3 is 2.46 bits per heavy atom. The van der Waals surface area contributed by atoms with Crippen molar-refractivity contribution in [3.8, 4) is 11.1 Å². The molecular weight excluding hydrogens is 414 g/mol. The van der Waals surface area contributed by atoms with Crippen molar-refractivity contribution in [1.82, 2.24) is 0 Å². The molecule has 0 amide bonds. The van der Waals surface area contributed by atoms with Crippen molar-refractivity contribution in [3.63, 3.8) is 0 Å². The molecule has 0 saturated heterocycles. The number of hydrogen-bond acceptors (Lipinski definition) is 0. The van der Waals surface area contributed by atoms with E-state index in [2.05, 4.69) is 73.7 Å². The number of fused-ring (bicyclic) bond motifs is 2. The Morgan fingerprint density at radius 1 is 0.917 bits per heavy atom. The van der Waals surface area contributed by atoms with Crippen LogP contribution in [0.4, 0.5) is 0 Å². The first kappa shape index (κ1) is 16.6. The summed E-state index contributed by atoms with van der Waals surface area (Å²) >= 11 is -2.40. The molecule has 1 atom stereocenters. The fourth-order valence-corrected chi connectivity index (χ4v) is 9.28. The van der Waals surface area contributed by atoms with Crippen LogP contribution in [0, 0.1) is 0 Å². The third-order valence-electron chi connectivity index (χ3n) is 4.84. The summed E-state index contributed by atoms with van der Waals surface area (Å²) in [4.78, 5) is 0. The Morgan fingerprint density at radius 2 is 1.71 bits per heavy atom. The van der Waals surface area contributed by atoms with Crippen LogP contribution in [0.25, 0.3) is 28.0 Å². The summed E-state index contributed by atoms with van der Waals surface area (Å²) in [6, 6.07) is 21.7. The molecular formula is C21H17Cl2Zr. The Labute approximate surface area is 157 Å². The van der Waals surface area contributed by atoms with Crippen molar-refractivity contribution in [1.29, 1.82) is 0 Å². The summed E-state index contributed by atoms with van der Waals surface area (Å²) in [5.74, 6) is 0. The van der Waals surface area contributed by atoms with E-state index in [1.807, 2.05) is 0 Å². The molecule has 1 aliphatic carbocycles. The number of benzene rings is 3. The SMILES string of the molecule is CCC1=Cc2c(-c3ccc4ccccc4c3)cccc2[CH]1[Zr]([Cl])[Cl]. The van der Waals surface area contributed by atoms with Gasteiger partial charge in [-0.2, -0.15) is 0 Å². The van der Waals surface area contributed by atoms with Gasteiger partial charge in [0, 0.05) is 0 Å². The van der Waals surface area contributed by atoms with Gasteiger partial charge in [-0.1, -0.05) is 0 Å². The van der Waals surface area contributed by atoms with Crippen LogP contribution in [0.3, 0.4) is 0 Å². The molecule has 4 rings (SSSR count). The Balaban J connectivity index is 1.90. The first-order valence-corrected chi connectivity index (χ1v) is 15.9. The predicted octanol–water partition coefficient (Wildman–Crippen LogP) is 7.28. The van der Waals surface area contributed by atoms with E-state index in [9.17, 15) is 0 Å². The number of rotatable bonds is 3. The van der Waals surface area contributed by atoms with Crippen LogP contribution in [0.1, 0.15) is 28.1 Å². The van der Waals surface area contributed by atoms with Gasteiger partial charge < -0.3 is 0 Å². The van der Waals surface area contributed by atoms with Crippen molar-refractivity contribution in [2.75, 3.05) is 0 Å². The molecule has 0 aliphatic heterocycles. The van der Waals surface area contributed by atoms with E-state index in [-0.39, 0.29) is 0 Å². The summed E-state index contributed by atoms with van der Waals surface area (Å²) in [7, 11) is 13.0. The van der Waals surface area contributed by atoms with E-state index < -0.39 is 19.4 Å². The Bertz CT molecular complexity index is 943. The molecule has 1 aliphatic rings. The molecule has 0 saturated carbocycles. The van der Waals surface area contributed by atoms with Gasteiger partial charge in [0.1, 0.15) is 0 Å². The molecule has 0 aromatic heterocycles. The fraction of sp³-hybridized carbons (Fsp3) is 0.143. The summed E-state index contributed by atoms with van der Waals surface area (Å²) < 4.78 is 0.302. The molecule has 3 heteroatoms. The molecule has 0 fully saturated rings. The molecule has 1 unspecified atom stereocenters. The second-order valence-electron chi connectivity index (χ2n) is 6.17.